The predicted molar refractivity (Wildman–Crippen MR) is 74.2 cm³/mol. The molecule has 0 heterocycles. The van der Waals surface area contributed by atoms with Crippen LogP contribution in [0.1, 0.15) is 26.3 Å². The number of benzene rings is 1. The molecule has 2 nitrogen and oxygen atoms in total. The molecule has 0 fully saturated rings. The Labute approximate surface area is 113 Å². The largest absolute Gasteiger partial charge is 0.491 e. The second-order valence-electron chi connectivity index (χ2n) is 4.36. The van der Waals surface area contributed by atoms with Gasteiger partial charge in [0.25, 0.3) is 0 Å². The highest BCUT2D eigenvalue weighted by Crippen LogP contribution is 2.32. The van der Waals surface area contributed by atoms with Gasteiger partial charge in [-0.15, -0.1) is 0 Å². The number of nitrogens with one attached hydrogen (secondary N) is 1. The molecule has 0 atom stereocenters. The molecule has 0 spiro atoms. The van der Waals surface area contributed by atoms with E-state index in [1.807, 2.05) is 6.07 Å². The normalized spacial score (nSPS) is 10.9. The summed E-state index contributed by atoms with van der Waals surface area (Å²) in [6.07, 6.45) is 0. The zero-order valence-electron chi connectivity index (χ0n) is 10.5. The SMILES string of the molecule is CCNCc1cc(Cl)cc(Cl)c1OCC(C)C. The standard InChI is InChI=1S/C13H19Cl2NO/c1-4-16-7-10-5-11(14)6-12(15)13(10)17-8-9(2)3/h5-6,9,16H,4,7-8H2,1-3H3. The van der Waals surface area contributed by atoms with E-state index >= 15 is 0 Å². The molecule has 0 amide bonds. The molecule has 0 aromatic heterocycles. The van der Waals surface area contributed by atoms with Gasteiger partial charge in [-0.25, -0.2) is 0 Å². The van der Waals surface area contributed by atoms with Crippen molar-refractivity contribution in [1.29, 1.82) is 0 Å². The van der Waals surface area contributed by atoms with Crippen LogP contribution in [0.4, 0.5) is 0 Å². The van der Waals surface area contributed by atoms with Crippen molar-refractivity contribution in [1.82, 2.24) is 5.32 Å². The maximum absolute atomic E-state index is 6.16. The maximum atomic E-state index is 6.16. The molecule has 1 aromatic carbocycles. The van der Waals surface area contributed by atoms with Crippen LogP contribution in [0.5, 0.6) is 5.75 Å². The minimum atomic E-state index is 0.466. The third-order valence-corrected chi connectivity index (χ3v) is 2.71. The van der Waals surface area contributed by atoms with E-state index in [-0.39, 0.29) is 0 Å². The lowest BCUT2D eigenvalue weighted by Gasteiger charge is -2.15. The summed E-state index contributed by atoms with van der Waals surface area (Å²) in [5.41, 5.74) is 1.00. The Bertz CT molecular complexity index is 367. The number of hydrogen-bond acceptors (Lipinski definition) is 2. The van der Waals surface area contributed by atoms with Crippen molar-refractivity contribution in [2.24, 2.45) is 5.92 Å². The van der Waals surface area contributed by atoms with Crippen molar-refractivity contribution in [3.05, 3.63) is 27.7 Å². The van der Waals surface area contributed by atoms with E-state index in [0.717, 1.165) is 17.9 Å². The van der Waals surface area contributed by atoms with E-state index in [0.29, 0.717) is 29.1 Å². The molecule has 0 aliphatic rings. The van der Waals surface area contributed by atoms with Crippen LogP contribution in [0.15, 0.2) is 12.1 Å². The van der Waals surface area contributed by atoms with E-state index < -0.39 is 0 Å². The van der Waals surface area contributed by atoms with Gasteiger partial charge in [0.05, 0.1) is 11.6 Å². The highest BCUT2D eigenvalue weighted by atomic mass is 35.5. The molecule has 0 saturated carbocycles. The van der Waals surface area contributed by atoms with Crippen LogP contribution >= 0.6 is 23.2 Å². The zero-order chi connectivity index (χ0) is 12.8. The molecule has 1 rings (SSSR count). The Hall–Kier alpha value is -0.440. The van der Waals surface area contributed by atoms with E-state index in [1.165, 1.54) is 0 Å². The molecular weight excluding hydrogens is 257 g/mol. The molecule has 0 bridgehead atoms. The number of rotatable bonds is 6. The Balaban J connectivity index is 2.90. The fraction of sp³-hybridized carbons (Fsp3) is 0.538. The third kappa shape index (κ3) is 4.74. The van der Waals surface area contributed by atoms with Crippen molar-refractivity contribution in [3.63, 3.8) is 0 Å². The fourth-order valence-electron chi connectivity index (χ4n) is 1.42. The molecule has 0 radical (unpaired) electrons. The summed E-state index contributed by atoms with van der Waals surface area (Å²) in [5, 5.41) is 4.46. The zero-order valence-corrected chi connectivity index (χ0v) is 12.0. The molecule has 0 unspecified atom stereocenters. The Kier molecular flexibility index (Phi) is 6.10. The first-order valence-corrected chi connectivity index (χ1v) is 6.61. The lowest BCUT2D eigenvalue weighted by atomic mass is 10.2. The van der Waals surface area contributed by atoms with Crippen molar-refractivity contribution in [3.8, 4) is 5.75 Å². The summed E-state index contributed by atoms with van der Waals surface area (Å²) in [4.78, 5) is 0. The fourth-order valence-corrected chi connectivity index (χ4v) is 2.01. The molecule has 4 heteroatoms. The highest BCUT2D eigenvalue weighted by molar-refractivity contribution is 6.35. The van der Waals surface area contributed by atoms with Gasteiger partial charge in [-0.1, -0.05) is 44.0 Å². The van der Waals surface area contributed by atoms with Gasteiger partial charge in [0, 0.05) is 17.1 Å². The maximum Gasteiger partial charge on any atom is 0.142 e. The molecule has 0 aliphatic carbocycles. The van der Waals surface area contributed by atoms with Gasteiger partial charge in [-0.2, -0.15) is 0 Å². The number of hydrogen-bond donors (Lipinski definition) is 1. The predicted octanol–water partition coefficient (Wildman–Crippen LogP) is 4.14. The van der Waals surface area contributed by atoms with E-state index in [1.54, 1.807) is 6.07 Å². The average Bonchev–Trinajstić information content (AvgIpc) is 2.24. The Morgan fingerprint density at radius 1 is 1.29 bits per heavy atom. The van der Waals surface area contributed by atoms with Gasteiger partial charge >= 0.3 is 0 Å². The molecule has 96 valence electrons. The van der Waals surface area contributed by atoms with E-state index in [4.69, 9.17) is 27.9 Å². The first kappa shape index (κ1) is 14.6. The number of halogens is 2. The van der Waals surface area contributed by atoms with Crippen LogP contribution in [0.2, 0.25) is 10.0 Å². The molecule has 1 N–H and O–H groups in total. The van der Waals surface area contributed by atoms with Crippen molar-refractivity contribution in [2.45, 2.75) is 27.3 Å². The van der Waals surface area contributed by atoms with E-state index in [9.17, 15) is 0 Å². The minimum absolute atomic E-state index is 0.466. The average molecular weight is 276 g/mol. The lowest BCUT2D eigenvalue weighted by Crippen LogP contribution is -2.14. The van der Waals surface area contributed by atoms with Crippen molar-refractivity contribution in [2.75, 3.05) is 13.2 Å². The first-order chi connectivity index (χ1) is 8.04. The topological polar surface area (TPSA) is 21.3 Å². The first-order valence-electron chi connectivity index (χ1n) is 5.86. The summed E-state index contributed by atoms with van der Waals surface area (Å²) in [6.45, 7) is 8.53. The molecule has 1 aromatic rings. The summed E-state index contributed by atoms with van der Waals surface area (Å²) < 4.78 is 5.75. The molecular formula is C13H19Cl2NO. The summed E-state index contributed by atoms with van der Waals surface area (Å²) in [7, 11) is 0. The van der Waals surface area contributed by atoms with Crippen LogP contribution in [-0.4, -0.2) is 13.2 Å². The van der Waals surface area contributed by atoms with Gasteiger partial charge in [-0.3, -0.25) is 0 Å². The van der Waals surface area contributed by atoms with Crippen LogP contribution < -0.4 is 10.1 Å². The highest BCUT2D eigenvalue weighted by Gasteiger charge is 2.11. The second-order valence-corrected chi connectivity index (χ2v) is 5.20. The lowest BCUT2D eigenvalue weighted by molar-refractivity contribution is 0.268. The van der Waals surface area contributed by atoms with Gasteiger partial charge in [0.2, 0.25) is 0 Å². The van der Waals surface area contributed by atoms with Crippen molar-refractivity contribution >= 4 is 23.2 Å². The Morgan fingerprint density at radius 3 is 2.59 bits per heavy atom. The summed E-state index contributed by atoms with van der Waals surface area (Å²) in [6, 6.07) is 3.61. The Morgan fingerprint density at radius 2 is 2.00 bits per heavy atom. The number of ether oxygens (including phenoxy) is 1. The smallest absolute Gasteiger partial charge is 0.142 e. The second kappa shape index (κ2) is 7.10. The van der Waals surface area contributed by atoms with Gasteiger partial charge in [-0.05, 0) is 24.6 Å². The van der Waals surface area contributed by atoms with Crippen LogP contribution in [-0.2, 0) is 6.54 Å². The van der Waals surface area contributed by atoms with Gasteiger partial charge in [0.1, 0.15) is 5.75 Å². The monoisotopic (exact) mass is 275 g/mol. The van der Waals surface area contributed by atoms with Crippen molar-refractivity contribution < 1.29 is 4.74 Å². The molecule has 17 heavy (non-hydrogen) atoms. The van der Waals surface area contributed by atoms with Crippen LogP contribution in [0, 0.1) is 5.92 Å². The quantitative estimate of drug-likeness (QED) is 0.843. The molecule has 0 saturated heterocycles. The van der Waals surface area contributed by atoms with Gasteiger partial charge < -0.3 is 10.1 Å². The van der Waals surface area contributed by atoms with E-state index in [2.05, 4.69) is 26.1 Å². The molecule has 0 aliphatic heterocycles. The van der Waals surface area contributed by atoms with Gasteiger partial charge in [0.15, 0.2) is 0 Å². The summed E-state index contributed by atoms with van der Waals surface area (Å²) >= 11 is 12.2. The third-order valence-electron chi connectivity index (χ3n) is 2.21. The summed E-state index contributed by atoms with van der Waals surface area (Å²) in [5.74, 6) is 1.21. The minimum Gasteiger partial charge on any atom is -0.491 e. The van der Waals surface area contributed by atoms with Crippen LogP contribution in [0.3, 0.4) is 0 Å². The van der Waals surface area contributed by atoms with Crippen LogP contribution in [0.25, 0.3) is 0 Å².